The molecule has 0 aromatic carbocycles. The smallest absolute Gasteiger partial charge is 0.187 e. The molecule has 0 spiro atoms. The largest absolute Gasteiger partial charge is 0.394 e. The molecule has 35 atom stereocenters. The first kappa shape index (κ1) is 50.3. The van der Waals surface area contributed by atoms with Crippen molar-refractivity contribution in [3.63, 3.8) is 0 Å². The Morgan fingerprint density at radius 2 is 0.431 bits per heavy atom. The summed E-state index contributed by atoms with van der Waals surface area (Å²) in [5, 5.41) is 124. The Kier molecular flexibility index (Phi) is 13.7. The molecular weight excluding hydrogens is 984 g/mol. The van der Waals surface area contributed by atoms with Gasteiger partial charge in [-0.05, 0) is 0 Å². The van der Waals surface area contributed by atoms with Crippen molar-refractivity contribution in [2.24, 2.45) is 0 Å². The first-order valence-corrected chi connectivity index (χ1v) is 24.4. The van der Waals surface area contributed by atoms with Crippen molar-refractivity contribution < 1.29 is 146 Å². The van der Waals surface area contributed by atoms with Crippen LogP contribution in [0.5, 0.6) is 0 Å². The SMILES string of the molecule is OC[C@H]1O[C@@H]2O[C@H]3[C@@H]4OC[C@H]3O[C@H](O[C@H]3[C@@H]5OC[C@H]3O[C@H](O[C@H]3[C@@H]6OC[C@H]3O[C@H](O[C@H]3[C@H](O)[C@@H](O)[C@@H](O[C@H]7[C@@H]8OC[C@H]7O[C@H](O[C@H]7[C@@H]9OC[C@H]7O[C@H](O[C@H]1[C@H](O)[C@H]2O)[C@@H]9O)[C@@H]8O)O[C@@H]3CO)[C@@H]6O)[C@@H]5O)[C@@H]4O. The van der Waals surface area contributed by atoms with E-state index in [2.05, 4.69) is 0 Å². The summed E-state index contributed by atoms with van der Waals surface area (Å²) in [5.41, 5.74) is 0. The van der Waals surface area contributed by atoms with Crippen molar-refractivity contribution >= 4 is 0 Å². The van der Waals surface area contributed by atoms with Crippen LogP contribution in [0.2, 0.25) is 0 Å². The van der Waals surface area contributed by atoms with Crippen molar-refractivity contribution in [1.82, 2.24) is 0 Å². The topological polar surface area (TPSA) is 398 Å². The number of aliphatic hydroxyl groups excluding tert-OH is 11. The first-order chi connectivity index (χ1) is 34.8. The minimum absolute atomic E-state index is 0.0553. The normalized spacial score (nSPS) is 61.3. The number of hydrogen-bond donors (Lipinski definition) is 11. The van der Waals surface area contributed by atoms with Gasteiger partial charge in [-0.2, -0.15) is 0 Å². The van der Waals surface area contributed by atoms with Crippen molar-refractivity contribution in [2.45, 2.75) is 215 Å². The quantitative estimate of drug-likeness (QED) is 0.122. The molecule has 30 heteroatoms. The molecular formula is C42H60O30. The molecule has 72 heavy (non-hydrogen) atoms. The van der Waals surface area contributed by atoms with Gasteiger partial charge in [-0.3, -0.25) is 0 Å². The van der Waals surface area contributed by atoms with Gasteiger partial charge >= 0.3 is 0 Å². The highest BCUT2D eigenvalue weighted by molar-refractivity contribution is 5.06. The van der Waals surface area contributed by atoms with E-state index in [4.69, 9.17) is 90.0 Å². The van der Waals surface area contributed by atoms with Crippen LogP contribution in [0.3, 0.4) is 0 Å². The lowest BCUT2D eigenvalue weighted by Crippen LogP contribution is -2.66. The molecule has 0 amide bonds. The molecule has 0 unspecified atom stereocenters. The van der Waals surface area contributed by atoms with Crippen molar-refractivity contribution in [3.05, 3.63) is 0 Å². The van der Waals surface area contributed by atoms with E-state index in [1.807, 2.05) is 0 Å². The van der Waals surface area contributed by atoms with E-state index in [0.717, 1.165) is 0 Å². The van der Waals surface area contributed by atoms with E-state index in [0.29, 0.717) is 0 Å². The second-order valence-corrected chi connectivity index (χ2v) is 20.3. The Labute approximate surface area is 407 Å². The van der Waals surface area contributed by atoms with Gasteiger partial charge in [0.25, 0.3) is 0 Å². The molecule has 26 heterocycles. The minimum Gasteiger partial charge on any atom is -0.394 e. The van der Waals surface area contributed by atoms with Gasteiger partial charge in [0.05, 0.1) is 46.2 Å². The van der Waals surface area contributed by atoms with Crippen LogP contribution < -0.4 is 0 Å². The molecule has 0 aromatic rings. The lowest BCUT2D eigenvalue weighted by Gasteiger charge is -2.47. The fourth-order valence-corrected chi connectivity index (χ4v) is 12.3. The third-order valence-electron chi connectivity index (χ3n) is 16.0. The summed E-state index contributed by atoms with van der Waals surface area (Å²) in [4.78, 5) is 0. The summed E-state index contributed by atoms with van der Waals surface area (Å²) in [6.45, 7) is -1.99. The highest BCUT2D eigenvalue weighted by atomic mass is 16.8. The average molecular weight is 1040 g/mol. The van der Waals surface area contributed by atoms with Gasteiger partial charge in [-0.15, -0.1) is 0 Å². The second kappa shape index (κ2) is 19.6. The van der Waals surface area contributed by atoms with Gasteiger partial charge in [0, 0.05) is 0 Å². The lowest BCUT2D eigenvalue weighted by atomic mass is 9.96. The molecule has 0 aromatic heterocycles. The predicted octanol–water partition coefficient (Wildman–Crippen LogP) is -10.0. The molecule has 26 aliphatic heterocycles. The van der Waals surface area contributed by atoms with Gasteiger partial charge in [0.2, 0.25) is 0 Å². The number of hydrogen-bond acceptors (Lipinski definition) is 30. The van der Waals surface area contributed by atoms with Crippen LogP contribution in [0, 0.1) is 0 Å². The molecule has 24 bridgehead atoms. The first-order valence-electron chi connectivity index (χ1n) is 24.4. The zero-order chi connectivity index (χ0) is 49.6. The maximum atomic E-state index is 11.5. The third kappa shape index (κ3) is 8.25. The van der Waals surface area contributed by atoms with E-state index in [9.17, 15) is 56.2 Å². The molecule has 26 rings (SSSR count). The molecule has 30 nitrogen and oxygen atoms in total. The lowest BCUT2D eigenvalue weighted by molar-refractivity contribution is -0.375. The number of ether oxygens (including phenoxy) is 19. The Morgan fingerprint density at radius 1 is 0.222 bits per heavy atom. The van der Waals surface area contributed by atoms with Gasteiger partial charge in [-0.25, -0.2) is 0 Å². The van der Waals surface area contributed by atoms with E-state index in [1.165, 1.54) is 0 Å². The van der Waals surface area contributed by atoms with Crippen LogP contribution in [-0.2, 0) is 90.0 Å². The molecule has 0 aliphatic carbocycles. The maximum Gasteiger partial charge on any atom is 0.187 e. The minimum atomic E-state index is -1.83. The molecule has 26 saturated heterocycles. The number of rotatable bonds is 2. The standard InChI is InChI=1S/C42H60O30/c43-1-8-24-16(46)18(48)37(60-8)69-27-11-4-57-34(27)22(52)41(64-11)72-30-14-7-58-35(30)23(53)42(65-14)71-29-13-6-55-32(29)20(50)39(62-13)67-25-9(2-44)59-36(17(47)15(25)45)68-26-10-3-56-33(26)21(51)40(63-10)70-28-12-5-54-31(28)19(49)38(61-12)66-24/h8-53H,1-7H2/t8-,9-,10-,11-,12-,13-,14-,15-,16-,17-,18-,19-,20-,21-,22-,23-,24-,25-,26-,27-,28-,29-,30-,31-,32-,33-,34-,35-,36-,37-,38-,39-,40-,41-,42-/m1/s1. The van der Waals surface area contributed by atoms with Crippen LogP contribution >= 0.6 is 0 Å². The van der Waals surface area contributed by atoms with Crippen LogP contribution in [0.1, 0.15) is 0 Å². The summed E-state index contributed by atoms with van der Waals surface area (Å²) in [5.74, 6) is 0. The van der Waals surface area contributed by atoms with Crippen molar-refractivity contribution in [3.8, 4) is 0 Å². The van der Waals surface area contributed by atoms with Crippen LogP contribution in [-0.4, -0.2) is 317 Å². The summed E-state index contributed by atoms with van der Waals surface area (Å²) < 4.78 is 114. The van der Waals surface area contributed by atoms with Crippen molar-refractivity contribution in [2.75, 3.05) is 46.2 Å². The fraction of sp³-hybridized carbons (Fsp3) is 1.00. The zero-order valence-electron chi connectivity index (χ0n) is 37.8. The predicted molar refractivity (Wildman–Crippen MR) is 212 cm³/mol. The third-order valence-corrected chi connectivity index (χ3v) is 16.0. The Hall–Kier alpha value is -1.20. The van der Waals surface area contributed by atoms with Gasteiger partial charge in [0.15, 0.2) is 44.0 Å². The van der Waals surface area contributed by atoms with Gasteiger partial charge < -0.3 is 146 Å². The van der Waals surface area contributed by atoms with E-state index >= 15 is 0 Å². The molecule has 11 N–H and O–H groups in total. The maximum absolute atomic E-state index is 11.5. The van der Waals surface area contributed by atoms with E-state index < -0.39 is 228 Å². The van der Waals surface area contributed by atoms with Crippen LogP contribution in [0.15, 0.2) is 0 Å². The molecule has 0 saturated carbocycles. The van der Waals surface area contributed by atoms with Crippen LogP contribution in [0.25, 0.3) is 0 Å². The summed E-state index contributed by atoms with van der Waals surface area (Å²) >= 11 is 0. The van der Waals surface area contributed by atoms with Gasteiger partial charge in [-0.1, -0.05) is 0 Å². The summed E-state index contributed by atoms with van der Waals surface area (Å²) in [7, 11) is 0. The monoisotopic (exact) mass is 1040 g/mol. The Bertz CT molecular complexity index is 1900. The fourth-order valence-electron chi connectivity index (χ4n) is 12.3. The van der Waals surface area contributed by atoms with Crippen molar-refractivity contribution in [1.29, 1.82) is 0 Å². The average Bonchev–Trinajstić information content (AvgIpc) is 4.13. The van der Waals surface area contributed by atoms with Crippen LogP contribution in [0.4, 0.5) is 0 Å². The molecule has 26 aliphatic rings. The summed E-state index contributed by atoms with van der Waals surface area (Å²) in [6.07, 6.45) is -46.7. The molecule has 408 valence electrons. The van der Waals surface area contributed by atoms with E-state index in [1.54, 1.807) is 0 Å². The van der Waals surface area contributed by atoms with Gasteiger partial charge in [0.1, 0.15) is 171 Å². The Balaban J connectivity index is 0.751. The molecule has 0 radical (unpaired) electrons. The second-order valence-electron chi connectivity index (χ2n) is 20.3. The number of aliphatic hydroxyl groups is 11. The highest BCUT2D eigenvalue weighted by Crippen LogP contribution is 2.44. The Morgan fingerprint density at radius 3 is 0.653 bits per heavy atom. The van der Waals surface area contributed by atoms with E-state index in [-0.39, 0.29) is 33.0 Å². The summed E-state index contributed by atoms with van der Waals surface area (Å²) in [6, 6.07) is 0. The molecule has 26 fully saturated rings. The highest BCUT2D eigenvalue weighted by Gasteiger charge is 2.64. The zero-order valence-corrected chi connectivity index (χ0v) is 37.8.